The lowest BCUT2D eigenvalue weighted by Gasteiger charge is -2.34. The number of nitro groups is 1. The molecule has 0 radical (unpaired) electrons. The lowest BCUT2D eigenvalue weighted by Crippen LogP contribution is -2.53. The Labute approximate surface area is 267 Å². The maximum Gasteiger partial charge on any atom is 0.269 e. The largest absolute Gasteiger partial charge is 0.354 e. The molecule has 4 aromatic carbocycles. The van der Waals surface area contributed by atoms with E-state index in [0.29, 0.717) is 12.1 Å². The summed E-state index contributed by atoms with van der Waals surface area (Å²) >= 11 is 0. The second-order valence-electron chi connectivity index (χ2n) is 11.1. The number of anilines is 1. The second kappa shape index (κ2) is 15.3. The van der Waals surface area contributed by atoms with Gasteiger partial charge in [-0.2, -0.15) is 0 Å². The van der Waals surface area contributed by atoms with Crippen LogP contribution in [0.4, 0.5) is 15.8 Å². The fraction of sp³-hybridized carbons (Fsp3) is 0.235. The Bertz CT molecular complexity index is 1740. The molecule has 0 aromatic heterocycles. The van der Waals surface area contributed by atoms with Crippen molar-refractivity contribution in [3.8, 4) is 0 Å². The molecule has 0 bridgehead atoms. The number of amides is 2. The van der Waals surface area contributed by atoms with Gasteiger partial charge in [0.15, 0.2) is 0 Å². The number of benzene rings is 4. The fourth-order valence-corrected chi connectivity index (χ4v) is 6.19. The second-order valence-corrected chi connectivity index (χ2v) is 13.0. The first-order valence-electron chi connectivity index (χ1n) is 14.6. The number of halogens is 1. The van der Waals surface area contributed by atoms with Crippen LogP contribution in [0.25, 0.3) is 0 Å². The smallest absolute Gasteiger partial charge is 0.269 e. The standard InChI is InChI=1S/C34H35FN4O6S/c1-25(2)22-36-34(41)32(21-26-9-5-3-6-10-26)37(23-27-13-15-28(35)16-14-27)33(40)24-38(29-17-19-30(20-18-29)39(42)43)46(44,45)31-11-7-4-8-12-31/h3-20,25,32H,21-24H2,1-2H3,(H,36,41)/t32-/m0/s1. The number of carbonyl (C=O) groups is 2. The van der Waals surface area contributed by atoms with Crippen molar-refractivity contribution in [1.82, 2.24) is 10.2 Å². The first kappa shape index (κ1) is 33.8. The average molecular weight is 647 g/mol. The molecule has 0 heterocycles. The highest BCUT2D eigenvalue weighted by atomic mass is 32.2. The molecule has 12 heteroatoms. The molecule has 0 fully saturated rings. The van der Waals surface area contributed by atoms with Crippen molar-refractivity contribution in [3.05, 3.63) is 136 Å². The number of rotatable bonds is 14. The molecule has 4 aromatic rings. The minimum Gasteiger partial charge on any atom is -0.354 e. The Morgan fingerprint density at radius 3 is 2.00 bits per heavy atom. The van der Waals surface area contributed by atoms with E-state index in [1.165, 1.54) is 53.4 Å². The monoisotopic (exact) mass is 646 g/mol. The fourth-order valence-electron chi connectivity index (χ4n) is 4.75. The van der Waals surface area contributed by atoms with Gasteiger partial charge in [0.1, 0.15) is 18.4 Å². The maximum atomic E-state index is 14.4. The number of non-ortho nitro benzene ring substituents is 1. The number of nitro benzene ring substituents is 1. The van der Waals surface area contributed by atoms with E-state index in [0.717, 1.165) is 22.0 Å². The van der Waals surface area contributed by atoms with Gasteiger partial charge < -0.3 is 10.2 Å². The van der Waals surface area contributed by atoms with Gasteiger partial charge in [-0.25, -0.2) is 12.8 Å². The van der Waals surface area contributed by atoms with Gasteiger partial charge in [0.25, 0.3) is 15.7 Å². The highest BCUT2D eigenvalue weighted by Crippen LogP contribution is 2.27. The SMILES string of the molecule is CC(C)CNC(=O)[C@H](Cc1ccccc1)N(Cc1ccc(F)cc1)C(=O)CN(c1ccc([N+](=O)[O-])cc1)S(=O)(=O)c1ccccc1. The van der Waals surface area contributed by atoms with Crippen molar-refractivity contribution >= 4 is 33.2 Å². The summed E-state index contributed by atoms with van der Waals surface area (Å²) in [6.07, 6.45) is 0.126. The van der Waals surface area contributed by atoms with Gasteiger partial charge in [-0.15, -0.1) is 0 Å². The zero-order chi connectivity index (χ0) is 33.3. The third-order valence-electron chi connectivity index (χ3n) is 7.18. The first-order valence-corrected chi connectivity index (χ1v) is 16.1. The summed E-state index contributed by atoms with van der Waals surface area (Å²) in [5.74, 6) is -1.49. The first-order chi connectivity index (χ1) is 22.0. The molecule has 1 N–H and O–H groups in total. The minimum atomic E-state index is -4.35. The molecule has 0 aliphatic carbocycles. The lowest BCUT2D eigenvalue weighted by atomic mass is 10.0. The van der Waals surface area contributed by atoms with E-state index in [1.54, 1.807) is 18.2 Å². The molecule has 240 valence electrons. The predicted octanol–water partition coefficient (Wildman–Crippen LogP) is 5.34. The molecular weight excluding hydrogens is 611 g/mol. The summed E-state index contributed by atoms with van der Waals surface area (Å²) in [7, 11) is -4.35. The zero-order valence-corrected chi connectivity index (χ0v) is 26.3. The van der Waals surface area contributed by atoms with Crippen LogP contribution in [0.3, 0.4) is 0 Å². The molecule has 0 saturated carbocycles. The van der Waals surface area contributed by atoms with E-state index in [1.807, 2.05) is 44.2 Å². The van der Waals surface area contributed by atoms with E-state index in [4.69, 9.17) is 0 Å². The lowest BCUT2D eigenvalue weighted by molar-refractivity contribution is -0.384. The van der Waals surface area contributed by atoms with Crippen molar-refractivity contribution < 1.29 is 27.3 Å². The van der Waals surface area contributed by atoms with Gasteiger partial charge in [0.05, 0.1) is 15.5 Å². The van der Waals surface area contributed by atoms with Crippen molar-refractivity contribution in [3.63, 3.8) is 0 Å². The molecule has 0 saturated heterocycles. The molecule has 10 nitrogen and oxygen atoms in total. The van der Waals surface area contributed by atoms with Crippen LogP contribution in [-0.4, -0.2) is 49.2 Å². The molecule has 0 spiro atoms. The van der Waals surface area contributed by atoms with Crippen molar-refractivity contribution in [2.75, 3.05) is 17.4 Å². The zero-order valence-electron chi connectivity index (χ0n) is 25.5. The predicted molar refractivity (Wildman–Crippen MR) is 173 cm³/mol. The van der Waals surface area contributed by atoms with Crippen LogP contribution >= 0.6 is 0 Å². The Morgan fingerprint density at radius 2 is 1.43 bits per heavy atom. The Kier molecular flexibility index (Phi) is 11.2. The van der Waals surface area contributed by atoms with Crippen LogP contribution in [0.2, 0.25) is 0 Å². The summed E-state index contributed by atoms with van der Waals surface area (Å²) in [6.45, 7) is 3.37. The van der Waals surface area contributed by atoms with Crippen LogP contribution in [-0.2, 0) is 32.6 Å². The van der Waals surface area contributed by atoms with E-state index < -0.39 is 45.2 Å². The number of sulfonamides is 1. The Balaban J connectivity index is 1.80. The third kappa shape index (κ3) is 8.75. The Hall–Kier alpha value is -5.10. The molecule has 46 heavy (non-hydrogen) atoms. The number of nitrogens with one attached hydrogen (secondary N) is 1. The maximum absolute atomic E-state index is 14.4. The molecule has 4 rings (SSSR count). The van der Waals surface area contributed by atoms with Gasteiger partial charge in [-0.1, -0.05) is 74.5 Å². The van der Waals surface area contributed by atoms with Crippen molar-refractivity contribution in [1.29, 1.82) is 0 Å². The van der Waals surface area contributed by atoms with E-state index in [-0.39, 0.29) is 35.2 Å². The van der Waals surface area contributed by atoms with Gasteiger partial charge >= 0.3 is 0 Å². The van der Waals surface area contributed by atoms with Gasteiger partial charge in [0, 0.05) is 31.6 Å². The molecule has 0 aliphatic heterocycles. The van der Waals surface area contributed by atoms with Crippen molar-refractivity contribution in [2.45, 2.75) is 37.8 Å². The molecule has 2 amide bonds. The van der Waals surface area contributed by atoms with Crippen LogP contribution in [0.1, 0.15) is 25.0 Å². The summed E-state index contributed by atoms with van der Waals surface area (Å²) in [5, 5.41) is 14.2. The normalized spacial score (nSPS) is 11.9. The number of hydrogen-bond acceptors (Lipinski definition) is 6. The highest BCUT2D eigenvalue weighted by Gasteiger charge is 2.34. The number of nitrogens with zero attached hydrogens (tertiary/aromatic N) is 3. The van der Waals surface area contributed by atoms with Crippen LogP contribution in [0.5, 0.6) is 0 Å². The third-order valence-corrected chi connectivity index (χ3v) is 8.97. The summed E-state index contributed by atoms with van der Waals surface area (Å²) in [6, 6.07) is 25.8. The van der Waals surface area contributed by atoms with Crippen LogP contribution in [0, 0.1) is 21.8 Å². The van der Waals surface area contributed by atoms with E-state index in [9.17, 15) is 32.5 Å². The summed E-state index contributed by atoms with van der Waals surface area (Å²) in [4.78, 5) is 40.0. The van der Waals surface area contributed by atoms with Gasteiger partial charge in [-0.05, 0) is 53.4 Å². The minimum absolute atomic E-state index is 0.0217. The van der Waals surface area contributed by atoms with E-state index in [2.05, 4.69) is 5.32 Å². The van der Waals surface area contributed by atoms with Crippen LogP contribution < -0.4 is 9.62 Å². The topological polar surface area (TPSA) is 130 Å². The summed E-state index contributed by atoms with van der Waals surface area (Å²) in [5.41, 5.74) is 1.06. The van der Waals surface area contributed by atoms with Gasteiger partial charge in [-0.3, -0.25) is 24.0 Å². The number of hydrogen-bond donors (Lipinski definition) is 1. The highest BCUT2D eigenvalue weighted by molar-refractivity contribution is 7.92. The molecule has 0 aliphatic rings. The van der Waals surface area contributed by atoms with Crippen LogP contribution in [0.15, 0.2) is 114 Å². The number of carbonyl (C=O) groups excluding carboxylic acids is 2. The van der Waals surface area contributed by atoms with E-state index >= 15 is 0 Å². The summed E-state index contributed by atoms with van der Waals surface area (Å²) < 4.78 is 42.6. The quantitative estimate of drug-likeness (QED) is 0.145. The van der Waals surface area contributed by atoms with Gasteiger partial charge in [0.2, 0.25) is 11.8 Å². The average Bonchev–Trinajstić information content (AvgIpc) is 3.05. The van der Waals surface area contributed by atoms with Crippen molar-refractivity contribution in [2.24, 2.45) is 5.92 Å². The molecule has 0 unspecified atom stereocenters. The molecule has 1 atom stereocenters. The molecular formula is C34H35FN4O6S. The Morgan fingerprint density at radius 1 is 0.848 bits per heavy atom.